The lowest BCUT2D eigenvalue weighted by atomic mass is 10.1. The quantitative estimate of drug-likeness (QED) is 0.611. The van der Waals surface area contributed by atoms with E-state index in [0.717, 1.165) is 0 Å². The van der Waals surface area contributed by atoms with E-state index in [1.165, 1.54) is 24.3 Å². The van der Waals surface area contributed by atoms with Crippen LogP contribution in [0.4, 0.5) is 0 Å². The zero-order valence-corrected chi connectivity index (χ0v) is 13.8. The fourth-order valence-corrected chi connectivity index (χ4v) is 3.27. The standard InChI is InChI=1S/C17H16O6S/c1-2-14(18)13-5-3-4-6-15(13)23-24(19,20)12-7-8-16-17(11-12)22-10-9-21-16/h3-8,11H,2,9-10H2,1H3. The molecule has 6 nitrogen and oxygen atoms in total. The molecule has 0 aliphatic carbocycles. The zero-order valence-electron chi connectivity index (χ0n) is 13.0. The largest absolute Gasteiger partial charge is 0.486 e. The molecule has 0 amide bonds. The van der Waals surface area contributed by atoms with E-state index in [4.69, 9.17) is 13.7 Å². The molecule has 0 bridgehead atoms. The first-order chi connectivity index (χ1) is 11.5. The molecule has 0 atom stereocenters. The Bertz CT molecular complexity index is 872. The van der Waals surface area contributed by atoms with E-state index in [2.05, 4.69) is 0 Å². The predicted molar refractivity (Wildman–Crippen MR) is 86.3 cm³/mol. The maximum Gasteiger partial charge on any atom is 0.339 e. The maximum atomic E-state index is 12.5. The van der Waals surface area contributed by atoms with Gasteiger partial charge < -0.3 is 13.7 Å². The van der Waals surface area contributed by atoms with Gasteiger partial charge >= 0.3 is 10.1 Å². The van der Waals surface area contributed by atoms with E-state index >= 15 is 0 Å². The third kappa shape index (κ3) is 3.21. The van der Waals surface area contributed by atoms with Crippen LogP contribution < -0.4 is 13.7 Å². The molecule has 0 aromatic heterocycles. The third-order valence-electron chi connectivity index (χ3n) is 3.51. The Kier molecular flexibility index (Phi) is 4.44. The summed E-state index contributed by atoms with van der Waals surface area (Å²) >= 11 is 0. The summed E-state index contributed by atoms with van der Waals surface area (Å²) in [5.41, 5.74) is 0.237. The highest BCUT2D eigenvalue weighted by Crippen LogP contribution is 2.33. The van der Waals surface area contributed by atoms with Gasteiger partial charge in [-0.1, -0.05) is 19.1 Å². The van der Waals surface area contributed by atoms with Crippen LogP contribution in [-0.2, 0) is 10.1 Å². The predicted octanol–water partition coefficient (Wildman–Crippen LogP) is 2.82. The van der Waals surface area contributed by atoms with Gasteiger partial charge in [0.25, 0.3) is 0 Å². The molecule has 0 saturated heterocycles. The number of rotatable bonds is 5. The highest BCUT2D eigenvalue weighted by Gasteiger charge is 2.23. The maximum absolute atomic E-state index is 12.5. The smallest absolute Gasteiger partial charge is 0.339 e. The van der Waals surface area contributed by atoms with Crippen molar-refractivity contribution in [2.24, 2.45) is 0 Å². The van der Waals surface area contributed by atoms with Crippen molar-refractivity contribution in [3.63, 3.8) is 0 Å². The van der Waals surface area contributed by atoms with Crippen LogP contribution in [0.15, 0.2) is 47.4 Å². The van der Waals surface area contributed by atoms with Crippen molar-refractivity contribution in [3.8, 4) is 17.2 Å². The van der Waals surface area contributed by atoms with Crippen molar-refractivity contribution in [2.45, 2.75) is 18.2 Å². The summed E-state index contributed by atoms with van der Waals surface area (Å²) < 4.78 is 41.0. The Balaban J connectivity index is 1.94. The number of carbonyl (C=O) groups is 1. The van der Waals surface area contributed by atoms with Gasteiger partial charge in [0.15, 0.2) is 23.0 Å². The number of hydrogen-bond acceptors (Lipinski definition) is 6. The summed E-state index contributed by atoms with van der Waals surface area (Å²) in [7, 11) is -4.10. The number of Topliss-reactive ketones (excluding diaryl/α,β-unsaturated/α-hetero) is 1. The van der Waals surface area contributed by atoms with Gasteiger partial charge in [-0.15, -0.1) is 0 Å². The van der Waals surface area contributed by atoms with E-state index < -0.39 is 10.1 Å². The van der Waals surface area contributed by atoms with Crippen molar-refractivity contribution in [3.05, 3.63) is 48.0 Å². The highest BCUT2D eigenvalue weighted by atomic mass is 32.2. The third-order valence-corrected chi connectivity index (χ3v) is 4.74. The molecule has 7 heteroatoms. The fourth-order valence-electron chi connectivity index (χ4n) is 2.31. The molecule has 0 spiro atoms. The number of benzene rings is 2. The summed E-state index contributed by atoms with van der Waals surface area (Å²) in [4.78, 5) is 11.9. The van der Waals surface area contributed by atoms with Crippen LogP contribution >= 0.6 is 0 Å². The number of para-hydroxylation sites is 1. The van der Waals surface area contributed by atoms with Crippen LogP contribution in [0.5, 0.6) is 17.2 Å². The van der Waals surface area contributed by atoms with Crippen LogP contribution in [0.25, 0.3) is 0 Å². The Morgan fingerprint density at radius 3 is 2.54 bits per heavy atom. The summed E-state index contributed by atoms with van der Waals surface area (Å²) in [6, 6.07) is 10.5. The monoisotopic (exact) mass is 348 g/mol. The second-order valence-electron chi connectivity index (χ2n) is 5.12. The lowest BCUT2D eigenvalue weighted by molar-refractivity contribution is 0.0986. The minimum absolute atomic E-state index is 0.0132. The molecule has 2 aromatic carbocycles. The molecule has 1 aliphatic rings. The second kappa shape index (κ2) is 6.52. The first kappa shape index (κ1) is 16.3. The van der Waals surface area contributed by atoms with Gasteiger partial charge in [-0.05, 0) is 24.3 Å². The van der Waals surface area contributed by atoms with Gasteiger partial charge in [0.1, 0.15) is 18.1 Å². The average Bonchev–Trinajstić information content (AvgIpc) is 2.60. The molecule has 24 heavy (non-hydrogen) atoms. The number of ketones is 1. The summed E-state index contributed by atoms with van der Waals surface area (Å²) in [5, 5.41) is 0. The van der Waals surface area contributed by atoms with Gasteiger partial charge in [-0.25, -0.2) is 0 Å². The lowest BCUT2D eigenvalue weighted by Gasteiger charge is -2.19. The summed E-state index contributed by atoms with van der Waals surface area (Å²) in [6.07, 6.45) is 0.254. The molecular weight excluding hydrogens is 332 g/mol. The van der Waals surface area contributed by atoms with Crippen LogP contribution in [0.2, 0.25) is 0 Å². The molecule has 1 aliphatic heterocycles. The fraction of sp³-hybridized carbons (Fsp3) is 0.235. The SMILES string of the molecule is CCC(=O)c1ccccc1OS(=O)(=O)c1ccc2c(c1)OCCO2. The molecule has 0 unspecified atom stereocenters. The number of hydrogen-bond donors (Lipinski definition) is 0. The number of ether oxygens (including phenoxy) is 2. The molecule has 0 fully saturated rings. The topological polar surface area (TPSA) is 78.9 Å². The van der Waals surface area contributed by atoms with Crippen LogP contribution in [0.1, 0.15) is 23.7 Å². The van der Waals surface area contributed by atoms with E-state index in [1.54, 1.807) is 25.1 Å². The lowest BCUT2D eigenvalue weighted by Crippen LogP contribution is -2.17. The molecule has 2 aromatic rings. The molecule has 1 heterocycles. The van der Waals surface area contributed by atoms with E-state index in [-0.39, 0.29) is 28.4 Å². The minimum Gasteiger partial charge on any atom is -0.486 e. The van der Waals surface area contributed by atoms with Crippen molar-refractivity contribution < 1.29 is 26.9 Å². The normalized spacial score (nSPS) is 13.4. The Morgan fingerprint density at radius 2 is 1.79 bits per heavy atom. The van der Waals surface area contributed by atoms with Gasteiger partial charge in [-0.2, -0.15) is 8.42 Å². The van der Waals surface area contributed by atoms with Crippen molar-refractivity contribution in [1.29, 1.82) is 0 Å². The van der Waals surface area contributed by atoms with Crippen molar-refractivity contribution in [2.75, 3.05) is 13.2 Å². The first-order valence-corrected chi connectivity index (χ1v) is 8.88. The van der Waals surface area contributed by atoms with Gasteiger partial charge in [0.05, 0.1) is 5.56 Å². The Morgan fingerprint density at radius 1 is 1.08 bits per heavy atom. The molecule has 126 valence electrons. The summed E-state index contributed by atoms with van der Waals surface area (Å²) in [5.74, 6) is 0.660. The summed E-state index contributed by atoms with van der Waals surface area (Å²) in [6.45, 7) is 2.47. The van der Waals surface area contributed by atoms with Crippen molar-refractivity contribution >= 4 is 15.9 Å². The van der Waals surface area contributed by atoms with Crippen LogP contribution in [0.3, 0.4) is 0 Å². The van der Waals surface area contributed by atoms with Crippen molar-refractivity contribution in [1.82, 2.24) is 0 Å². The average molecular weight is 348 g/mol. The molecule has 3 rings (SSSR count). The molecule has 0 N–H and O–H groups in total. The Labute approximate surface area is 140 Å². The molecule has 0 radical (unpaired) electrons. The minimum atomic E-state index is -4.10. The van der Waals surface area contributed by atoms with Gasteiger partial charge in [0.2, 0.25) is 0 Å². The van der Waals surface area contributed by atoms with E-state index in [1.807, 2.05) is 0 Å². The number of carbonyl (C=O) groups excluding carboxylic acids is 1. The number of fused-ring (bicyclic) bond motifs is 1. The van der Waals surface area contributed by atoms with E-state index in [0.29, 0.717) is 24.7 Å². The van der Waals surface area contributed by atoms with Gasteiger partial charge in [0, 0.05) is 12.5 Å². The Hall–Kier alpha value is -2.54. The first-order valence-electron chi connectivity index (χ1n) is 7.47. The van der Waals surface area contributed by atoms with Crippen LogP contribution in [-0.4, -0.2) is 27.4 Å². The van der Waals surface area contributed by atoms with Crippen LogP contribution in [0, 0.1) is 0 Å². The van der Waals surface area contributed by atoms with Gasteiger partial charge in [-0.3, -0.25) is 4.79 Å². The second-order valence-corrected chi connectivity index (χ2v) is 6.66. The molecule has 0 saturated carbocycles. The van der Waals surface area contributed by atoms with E-state index in [9.17, 15) is 13.2 Å². The zero-order chi connectivity index (χ0) is 17.2. The molecular formula is C17H16O6S. The highest BCUT2D eigenvalue weighted by molar-refractivity contribution is 7.87.